The Morgan fingerprint density at radius 2 is 1.67 bits per heavy atom. The zero-order valence-electron chi connectivity index (χ0n) is 18.7. The predicted octanol–water partition coefficient (Wildman–Crippen LogP) is 4.21. The van der Waals surface area contributed by atoms with Crippen LogP contribution in [0.2, 0.25) is 0 Å². The maximum atomic E-state index is 12.8. The number of nitrogens with zero attached hydrogens (tertiary/aromatic N) is 1. The lowest BCUT2D eigenvalue weighted by Crippen LogP contribution is -2.41. The summed E-state index contributed by atoms with van der Waals surface area (Å²) in [5, 5.41) is 5.87. The molecule has 0 aliphatic carbocycles. The molecule has 33 heavy (non-hydrogen) atoms. The third-order valence-electron chi connectivity index (χ3n) is 4.98. The molecule has 7 heteroatoms. The minimum absolute atomic E-state index is 0.186. The zero-order chi connectivity index (χ0) is 23.6. The maximum Gasteiger partial charge on any atom is 0.257 e. The second kappa shape index (κ2) is 11.8. The van der Waals surface area contributed by atoms with Crippen molar-refractivity contribution < 1.29 is 14.3 Å². The van der Waals surface area contributed by atoms with Crippen molar-refractivity contribution >= 4 is 34.8 Å². The molecule has 2 N–H and O–H groups in total. The quantitative estimate of drug-likeness (QED) is 0.492. The zero-order valence-corrected chi connectivity index (χ0v) is 19.5. The highest BCUT2D eigenvalue weighted by Crippen LogP contribution is 2.20. The van der Waals surface area contributed by atoms with Gasteiger partial charge < -0.3 is 15.0 Å². The Kier molecular flexibility index (Phi) is 8.55. The van der Waals surface area contributed by atoms with Gasteiger partial charge in [0.05, 0.1) is 17.9 Å². The van der Waals surface area contributed by atoms with Crippen molar-refractivity contribution in [3.63, 3.8) is 0 Å². The highest BCUT2D eigenvalue weighted by molar-refractivity contribution is 7.80. The molecule has 3 aromatic rings. The standard InChI is InChI=1S/C26H27N3O3S/c1-3-32-21-13-9-12-20(18-21)24(30)28-26(33)29(2)23-15-8-7-14-22(23)25(31)27-17-16-19-10-5-4-6-11-19/h4-15,18H,3,16-17H2,1-2H3,(H,27,31)(H,28,30,33). The third kappa shape index (κ3) is 6.63. The van der Waals surface area contributed by atoms with Crippen LogP contribution in [0.1, 0.15) is 33.2 Å². The number of carbonyl (C=O) groups is 2. The number of rotatable bonds is 8. The number of nitrogens with one attached hydrogen (secondary N) is 2. The molecule has 0 fully saturated rings. The van der Waals surface area contributed by atoms with E-state index in [9.17, 15) is 9.59 Å². The number of hydrogen-bond acceptors (Lipinski definition) is 4. The normalized spacial score (nSPS) is 10.2. The van der Waals surface area contributed by atoms with E-state index in [-0.39, 0.29) is 16.9 Å². The monoisotopic (exact) mass is 461 g/mol. The summed E-state index contributed by atoms with van der Waals surface area (Å²) in [5.41, 5.74) is 2.66. The summed E-state index contributed by atoms with van der Waals surface area (Å²) in [5.74, 6) is 0.0621. The van der Waals surface area contributed by atoms with Gasteiger partial charge in [0.15, 0.2) is 5.11 Å². The molecular weight excluding hydrogens is 434 g/mol. The average molecular weight is 462 g/mol. The van der Waals surface area contributed by atoms with Crippen molar-refractivity contribution in [1.82, 2.24) is 10.6 Å². The Balaban J connectivity index is 1.65. The number of thiocarbonyl (C=S) groups is 1. The molecule has 0 spiro atoms. The third-order valence-corrected chi connectivity index (χ3v) is 5.36. The number of para-hydroxylation sites is 1. The molecule has 0 saturated heterocycles. The van der Waals surface area contributed by atoms with Gasteiger partial charge in [0.2, 0.25) is 0 Å². The van der Waals surface area contributed by atoms with Crippen molar-refractivity contribution in [1.29, 1.82) is 0 Å². The van der Waals surface area contributed by atoms with Crippen LogP contribution in [0.5, 0.6) is 5.75 Å². The van der Waals surface area contributed by atoms with Crippen LogP contribution in [-0.2, 0) is 6.42 Å². The van der Waals surface area contributed by atoms with E-state index in [1.165, 1.54) is 0 Å². The van der Waals surface area contributed by atoms with Crippen molar-refractivity contribution in [2.24, 2.45) is 0 Å². The summed E-state index contributed by atoms with van der Waals surface area (Å²) in [6.07, 6.45) is 0.736. The average Bonchev–Trinajstić information content (AvgIpc) is 2.84. The first kappa shape index (κ1) is 23.9. The summed E-state index contributed by atoms with van der Waals surface area (Å²) in [6, 6.07) is 24.0. The van der Waals surface area contributed by atoms with Crippen LogP contribution >= 0.6 is 12.2 Å². The molecule has 0 unspecified atom stereocenters. The lowest BCUT2D eigenvalue weighted by Gasteiger charge is -2.23. The Bertz CT molecular complexity index is 1120. The second-order valence-electron chi connectivity index (χ2n) is 7.29. The molecule has 0 aromatic heterocycles. The van der Waals surface area contributed by atoms with Crippen LogP contribution in [-0.4, -0.2) is 37.1 Å². The molecule has 2 amide bonds. The van der Waals surface area contributed by atoms with Gasteiger partial charge in [0.1, 0.15) is 5.75 Å². The fraction of sp³-hybridized carbons (Fsp3) is 0.192. The molecule has 0 heterocycles. The second-order valence-corrected chi connectivity index (χ2v) is 7.67. The highest BCUT2D eigenvalue weighted by Gasteiger charge is 2.18. The first-order valence-electron chi connectivity index (χ1n) is 10.7. The Labute approximate surface area is 199 Å². The molecule has 0 atom stereocenters. The van der Waals surface area contributed by atoms with Crippen LogP contribution in [0, 0.1) is 0 Å². The first-order valence-corrected chi connectivity index (χ1v) is 11.1. The smallest absolute Gasteiger partial charge is 0.257 e. The van der Waals surface area contributed by atoms with Crippen molar-refractivity contribution in [2.45, 2.75) is 13.3 Å². The summed E-state index contributed by atoms with van der Waals surface area (Å²) < 4.78 is 5.45. The maximum absolute atomic E-state index is 12.8. The molecule has 0 bridgehead atoms. The minimum atomic E-state index is -0.349. The molecule has 3 aromatic carbocycles. The molecule has 0 radical (unpaired) electrons. The Hall–Kier alpha value is -3.71. The number of benzene rings is 3. The van der Waals surface area contributed by atoms with Crippen LogP contribution < -0.4 is 20.3 Å². The topological polar surface area (TPSA) is 70.7 Å². The minimum Gasteiger partial charge on any atom is -0.494 e. The van der Waals surface area contributed by atoms with Gasteiger partial charge in [-0.1, -0.05) is 48.5 Å². The van der Waals surface area contributed by atoms with Gasteiger partial charge in [0, 0.05) is 19.2 Å². The Morgan fingerprint density at radius 3 is 2.42 bits per heavy atom. The highest BCUT2D eigenvalue weighted by atomic mass is 32.1. The van der Waals surface area contributed by atoms with E-state index in [0.29, 0.717) is 35.7 Å². The van der Waals surface area contributed by atoms with E-state index in [1.54, 1.807) is 54.4 Å². The van der Waals surface area contributed by atoms with E-state index in [4.69, 9.17) is 17.0 Å². The van der Waals surface area contributed by atoms with Crippen LogP contribution in [0.25, 0.3) is 0 Å². The summed E-state index contributed by atoms with van der Waals surface area (Å²) in [7, 11) is 1.72. The van der Waals surface area contributed by atoms with E-state index >= 15 is 0 Å². The van der Waals surface area contributed by atoms with Crippen LogP contribution in [0.3, 0.4) is 0 Å². The van der Waals surface area contributed by atoms with Crippen molar-refractivity contribution in [3.8, 4) is 5.75 Å². The summed E-state index contributed by atoms with van der Waals surface area (Å²) in [4.78, 5) is 27.1. The molecule has 0 aliphatic heterocycles. The van der Waals surface area contributed by atoms with Crippen molar-refractivity contribution in [3.05, 3.63) is 95.6 Å². The van der Waals surface area contributed by atoms with E-state index < -0.39 is 0 Å². The lowest BCUT2D eigenvalue weighted by molar-refractivity contribution is 0.0952. The SMILES string of the molecule is CCOc1cccc(C(=O)NC(=S)N(C)c2ccccc2C(=O)NCCc2ccccc2)c1. The largest absolute Gasteiger partial charge is 0.494 e. The van der Waals surface area contributed by atoms with Gasteiger partial charge in [-0.25, -0.2) is 0 Å². The summed E-state index contributed by atoms with van der Waals surface area (Å²) in [6.45, 7) is 2.90. The van der Waals surface area contributed by atoms with Crippen LogP contribution in [0.15, 0.2) is 78.9 Å². The van der Waals surface area contributed by atoms with E-state index in [0.717, 1.165) is 12.0 Å². The fourth-order valence-corrected chi connectivity index (χ4v) is 3.47. The number of amides is 2. The molecular formula is C26H27N3O3S. The van der Waals surface area contributed by atoms with Gasteiger partial charge in [0.25, 0.3) is 11.8 Å². The Morgan fingerprint density at radius 1 is 0.939 bits per heavy atom. The molecule has 0 saturated carbocycles. The lowest BCUT2D eigenvalue weighted by atomic mass is 10.1. The number of ether oxygens (including phenoxy) is 1. The first-order chi connectivity index (χ1) is 16.0. The summed E-state index contributed by atoms with van der Waals surface area (Å²) >= 11 is 5.45. The van der Waals surface area contributed by atoms with Gasteiger partial charge in [-0.2, -0.15) is 0 Å². The predicted molar refractivity (Wildman–Crippen MR) is 135 cm³/mol. The van der Waals surface area contributed by atoms with Crippen LogP contribution in [0.4, 0.5) is 5.69 Å². The van der Waals surface area contributed by atoms with Crippen molar-refractivity contribution in [2.75, 3.05) is 25.1 Å². The number of carbonyl (C=O) groups excluding carboxylic acids is 2. The molecule has 6 nitrogen and oxygen atoms in total. The molecule has 170 valence electrons. The number of anilines is 1. The van der Waals surface area contributed by atoms with Gasteiger partial charge in [-0.3, -0.25) is 14.9 Å². The van der Waals surface area contributed by atoms with Gasteiger partial charge >= 0.3 is 0 Å². The number of hydrogen-bond donors (Lipinski definition) is 2. The molecule has 0 aliphatic rings. The van der Waals surface area contributed by atoms with Gasteiger partial charge in [-0.15, -0.1) is 0 Å². The molecule has 3 rings (SSSR count). The fourth-order valence-electron chi connectivity index (χ4n) is 3.27. The van der Waals surface area contributed by atoms with E-state index in [1.807, 2.05) is 43.3 Å². The van der Waals surface area contributed by atoms with Gasteiger partial charge in [-0.05, 0) is 61.5 Å². The van der Waals surface area contributed by atoms with E-state index in [2.05, 4.69) is 10.6 Å².